The zero-order valence-corrected chi connectivity index (χ0v) is 17.2. The van der Waals surface area contributed by atoms with Crippen LogP contribution in [0.1, 0.15) is 26.3 Å². The van der Waals surface area contributed by atoms with Gasteiger partial charge in [0.15, 0.2) is 0 Å². The van der Waals surface area contributed by atoms with Gasteiger partial charge >= 0.3 is 0 Å². The van der Waals surface area contributed by atoms with E-state index in [-0.39, 0.29) is 24.1 Å². The molecule has 0 saturated carbocycles. The predicted octanol–water partition coefficient (Wildman–Crippen LogP) is 1.54. The molecule has 1 fully saturated rings. The Balaban J connectivity index is 1.89. The van der Waals surface area contributed by atoms with E-state index in [1.807, 2.05) is 19.9 Å². The molecule has 1 saturated heterocycles. The normalized spacial score (nSPS) is 15.4. The SMILES string of the molecule is CC(C)CC(C(=O)NCN)n1cc(-c2ccc(N3CCNCC3)cc2)ccc1=O. The van der Waals surface area contributed by atoms with Crippen LogP contribution in [0, 0.1) is 5.92 Å². The summed E-state index contributed by atoms with van der Waals surface area (Å²) in [5, 5.41) is 6.01. The standard InChI is InChI=1S/C22H31N5O2/c1-16(2)13-20(22(29)25-15-23)27-14-18(5-8-21(27)28)17-3-6-19(7-4-17)26-11-9-24-10-12-26/h3-8,14,16,20,24H,9-13,15,23H2,1-2H3,(H,25,29). The van der Waals surface area contributed by atoms with Crippen LogP contribution in [0.4, 0.5) is 5.69 Å². The quantitative estimate of drug-likeness (QED) is 0.617. The molecule has 0 spiro atoms. The van der Waals surface area contributed by atoms with Gasteiger partial charge in [-0.1, -0.05) is 26.0 Å². The number of hydrogen-bond acceptors (Lipinski definition) is 5. The summed E-state index contributed by atoms with van der Waals surface area (Å²) in [4.78, 5) is 27.4. The van der Waals surface area contributed by atoms with Crippen molar-refractivity contribution in [3.05, 3.63) is 52.9 Å². The molecule has 0 bridgehead atoms. The summed E-state index contributed by atoms with van der Waals surface area (Å²) in [5.41, 5.74) is 8.41. The maximum atomic E-state index is 12.5. The van der Waals surface area contributed by atoms with Gasteiger partial charge < -0.3 is 25.8 Å². The molecule has 156 valence electrons. The number of piperazine rings is 1. The molecule has 7 heteroatoms. The minimum atomic E-state index is -0.578. The van der Waals surface area contributed by atoms with Gasteiger partial charge in [0.2, 0.25) is 5.91 Å². The molecule has 7 nitrogen and oxygen atoms in total. The van der Waals surface area contributed by atoms with Gasteiger partial charge in [0.25, 0.3) is 5.56 Å². The highest BCUT2D eigenvalue weighted by atomic mass is 16.2. The topological polar surface area (TPSA) is 92.4 Å². The van der Waals surface area contributed by atoms with Crippen LogP contribution in [0.15, 0.2) is 47.4 Å². The average molecular weight is 398 g/mol. The Kier molecular flexibility index (Phi) is 7.06. The third-order valence-corrected chi connectivity index (χ3v) is 5.23. The number of aromatic nitrogens is 1. The summed E-state index contributed by atoms with van der Waals surface area (Å²) in [6.07, 6.45) is 2.35. The Bertz CT molecular complexity index is 870. The summed E-state index contributed by atoms with van der Waals surface area (Å²) >= 11 is 0. The van der Waals surface area contributed by atoms with Crippen molar-refractivity contribution in [3.8, 4) is 11.1 Å². The number of nitrogens with zero attached hydrogens (tertiary/aromatic N) is 2. The van der Waals surface area contributed by atoms with Gasteiger partial charge in [0.05, 0.1) is 6.67 Å². The third-order valence-electron chi connectivity index (χ3n) is 5.23. The minimum absolute atomic E-state index is 0.0509. The van der Waals surface area contributed by atoms with Gasteiger partial charge in [-0.25, -0.2) is 0 Å². The van der Waals surface area contributed by atoms with Crippen molar-refractivity contribution >= 4 is 11.6 Å². The first-order valence-corrected chi connectivity index (χ1v) is 10.3. The van der Waals surface area contributed by atoms with Crippen molar-refractivity contribution in [2.24, 2.45) is 11.7 Å². The molecule has 29 heavy (non-hydrogen) atoms. The van der Waals surface area contributed by atoms with E-state index in [9.17, 15) is 9.59 Å². The summed E-state index contributed by atoms with van der Waals surface area (Å²) < 4.78 is 1.53. The highest BCUT2D eigenvalue weighted by molar-refractivity contribution is 5.80. The van der Waals surface area contributed by atoms with E-state index in [0.717, 1.165) is 37.3 Å². The summed E-state index contributed by atoms with van der Waals surface area (Å²) in [5.74, 6) is 0.0342. The summed E-state index contributed by atoms with van der Waals surface area (Å²) in [6.45, 7) is 8.10. The lowest BCUT2D eigenvalue weighted by Gasteiger charge is -2.29. The lowest BCUT2D eigenvalue weighted by Crippen LogP contribution is -2.43. The number of rotatable bonds is 7. The summed E-state index contributed by atoms with van der Waals surface area (Å²) in [6, 6.07) is 11.1. The van der Waals surface area contributed by atoms with Crippen LogP contribution in [0.3, 0.4) is 0 Å². The molecule has 3 rings (SSSR count). The molecule has 1 aromatic carbocycles. The van der Waals surface area contributed by atoms with E-state index >= 15 is 0 Å². The number of hydrogen-bond donors (Lipinski definition) is 3. The van der Waals surface area contributed by atoms with E-state index in [2.05, 4.69) is 39.8 Å². The molecule has 0 aliphatic carbocycles. The Hall–Kier alpha value is -2.64. The second-order valence-electron chi connectivity index (χ2n) is 7.84. The molecule has 1 unspecified atom stereocenters. The molecule has 1 aliphatic heterocycles. The first-order valence-electron chi connectivity index (χ1n) is 10.3. The zero-order valence-electron chi connectivity index (χ0n) is 17.2. The molecule has 0 radical (unpaired) electrons. The smallest absolute Gasteiger partial charge is 0.251 e. The number of nitrogens with two attached hydrogens (primary N) is 1. The van der Waals surface area contributed by atoms with Gasteiger partial charge in [0, 0.05) is 44.1 Å². The molecule has 2 aromatic rings. The fourth-order valence-electron chi connectivity index (χ4n) is 3.72. The monoisotopic (exact) mass is 397 g/mol. The van der Waals surface area contributed by atoms with E-state index in [1.54, 1.807) is 6.20 Å². The van der Waals surface area contributed by atoms with Crippen LogP contribution in [-0.4, -0.2) is 43.3 Å². The predicted molar refractivity (Wildman–Crippen MR) is 117 cm³/mol. The number of nitrogens with one attached hydrogen (secondary N) is 2. The van der Waals surface area contributed by atoms with Crippen molar-refractivity contribution in [1.82, 2.24) is 15.2 Å². The van der Waals surface area contributed by atoms with Crippen molar-refractivity contribution in [2.45, 2.75) is 26.3 Å². The van der Waals surface area contributed by atoms with E-state index in [1.165, 1.54) is 16.3 Å². The Morgan fingerprint density at radius 2 is 1.76 bits per heavy atom. The van der Waals surface area contributed by atoms with Gasteiger partial charge in [-0.3, -0.25) is 9.59 Å². The third kappa shape index (κ3) is 5.25. The van der Waals surface area contributed by atoms with Crippen LogP contribution in [-0.2, 0) is 4.79 Å². The average Bonchev–Trinajstić information content (AvgIpc) is 2.73. The van der Waals surface area contributed by atoms with Crippen LogP contribution in [0.5, 0.6) is 0 Å². The molecule has 4 N–H and O–H groups in total. The molecule has 1 aromatic heterocycles. The lowest BCUT2D eigenvalue weighted by atomic mass is 10.0. The number of carbonyl (C=O) groups is 1. The fraction of sp³-hybridized carbons (Fsp3) is 0.455. The lowest BCUT2D eigenvalue weighted by molar-refractivity contribution is -0.124. The van der Waals surface area contributed by atoms with Gasteiger partial charge in [-0.15, -0.1) is 0 Å². The Labute approximate surface area is 171 Å². The van der Waals surface area contributed by atoms with Crippen molar-refractivity contribution in [2.75, 3.05) is 37.7 Å². The maximum Gasteiger partial charge on any atom is 0.251 e. The van der Waals surface area contributed by atoms with Crippen molar-refractivity contribution in [3.63, 3.8) is 0 Å². The van der Waals surface area contributed by atoms with E-state index in [0.29, 0.717) is 6.42 Å². The van der Waals surface area contributed by atoms with E-state index in [4.69, 9.17) is 5.73 Å². The first kappa shape index (κ1) is 21.1. The van der Waals surface area contributed by atoms with Gasteiger partial charge in [-0.05, 0) is 41.7 Å². The molecule has 1 amide bonds. The summed E-state index contributed by atoms with van der Waals surface area (Å²) in [7, 11) is 0. The number of amides is 1. The molecule has 1 aliphatic rings. The largest absolute Gasteiger partial charge is 0.369 e. The second-order valence-corrected chi connectivity index (χ2v) is 7.84. The van der Waals surface area contributed by atoms with Crippen molar-refractivity contribution < 1.29 is 4.79 Å². The van der Waals surface area contributed by atoms with Gasteiger partial charge in [0.1, 0.15) is 6.04 Å². The Morgan fingerprint density at radius 1 is 1.10 bits per heavy atom. The first-order chi connectivity index (χ1) is 14.0. The van der Waals surface area contributed by atoms with E-state index < -0.39 is 6.04 Å². The number of benzene rings is 1. The molecular formula is C22H31N5O2. The zero-order chi connectivity index (χ0) is 20.8. The molecular weight excluding hydrogens is 366 g/mol. The highest BCUT2D eigenvalue weighted by Gasteiger charge is 2.22. The minimum Gasteiger partial charge on any atom is -0.369 e. The Morgan fingerprint density at radius 3 is 2.38 bits per heavy atom. The van der Waals surface area contributed by atoms with Crippen LogP contribution in [0.25, 0.3) is 11.1 Å². The number of carbonyl (C=O) groups excluding carboxylic acids is 1. The van der Waals surface area contributed by atoms with Crippen LogP contribution >= 0.6 is 0 Å². The maximum absolute atomic E-state index is 12.5. The highest BCUT2D eigenvalue weighted by Crippen LogP contribution is 2.24. The van der Waals surface area contributed by atoms with Gasteiger partial charge in [-0.2, -0.15) is 0 Å². The van der Waals surface area contributed by atoms with Crippen molar-refractivity contribution in [1.29, 1.82) is 0 Å². The number of pyridine rings is 1. The molecule has 2 heterocycles. The van der Waals surface area contributed by atoms with Crippen LogP contribution in [0.2, 0.25) is 0 Å². The fourth-order valence-corrected chi connectivity index (χ4v) is 3.72. The van der Waals surface area contributed by atoms with Crippen LogP contribution < -0.4 is 26.8 Å². The molecule has 1 atom stereocenters. The number of anilines is 1. The second kappa shape index (κ2) is 9.71.